The number of esters is 1. The predicted molar refractivity (Wildman–Crippen MR) is 122 cm³/mol. The molecule has 3 rings (SSSR count). The summed E-state index contributed by atoms with van der Waals surface area (Å²) >= 11 is 0. The average molecular weight is 450 g/mol. The highest BCUT2D eigenvalue weighted by atomic mass is 16.5. The van der Waals surface area contributed by atoms with Crippen LogP contribution in [0.4, 0.5) is 0 Å². The number of nitrogens with zero attached hydrogens (tertiary/aromatic N) is 2. The molecule has 172 valence electrons. The van der Waals surface area contributed by atoms with Crippen molar-refractivity contribution in [1.29, 1.82) is 0 Å². The number of aromatic nitrogens is 2. The Kier molecular flexibility index (Phi) is 7.80. The summed E-state index contributed by atoms with van der Waals surface area (Å²) < 4.78 is 11.8. The molecule has 3 aromatic rings. The van der Waals surface area contributed by atoms with Gasteiger partial charge in [0.1, 0.15) is 11.3 Å². The summed E-state index contributed by atoms with van der Waals surface area (Å²) in [6.45, 7) is 4.37. The molecule has 0 radical (unpaired) electrons. The van der Waals surface area contributed by atoms with E-state index in [1.54, 1.807) is 67.1 Å². The molecule has 0 aliphatic carbocycles. The number of hydrogen-bond acceptors (Lipinski definition) is 6. The highest BCUT2D eigenvalue weighted by Gasteiger charge is 2.16. The van der Waals surface area contributed by atoms with Crippen LogP contribution in [0, 0.1) is 6.92 Å². The third-order valence-electron chi connectivity index (χ3n) is 4.91. The zero-order chi connectivity index (χ0) is 23.8. The molecule has 0 fully saturated rings. The topological polar surface area (TPSA) is 112 Å². The second-order valence-electron chi connectivity index (χ2n) is 7.07. The van der Waals surface area contributed by atoms with Gasteiger partial charge < -0.3 is 20.1 Å². The van der Waals surface area contributed by atoms with E-state index in [4.69, 9.17) is 9.47 Å². The fourth-order valence-corrected chi connectivity index (χ4v) is 3.15. The Balaban J connectivity index is 1.52. The van der Waals surface area contributed by atoms with Crippen molar-refractivity contribution in [3.05, 3.63) is 77.1 Å². The van der Waals surface area contributed by atoms with Crippen molar-refractivity contribution < 1.29 is 23.9 Å². The Morgan fingerprint density at radius 3 is 2.27 bits per heavy atom. The third-order valence-corrected chi connectivity index (χ3v) is 4.91. The first-order valence-electron chi connectivity index (χ1n) is 10.5. The van der Waals surface area contributed by atoms with Crippen LogP contribution < -0.4 is 15.4 Å². The number of amides is 2. The molecule has 2 aromatic carbocycles. The van der Waals surface area contributed by atoms with Gasteiger partial charge in [0.15, 0.2) is 0 Å². The maximum atomic E-state index is 12.4. The molecular weight excluding hydrogens is 424 g/mol. The minimum atomic E-state index is -0.421. The summed E-state index contributed by atoms with van der Waals surface area (Å²) in [5.41, 5.74) is 2.71. The van der Waals surface area contributed by atoms with Crippen LogP contribution in [0.25, 0.3) is 5.69 Å². The molecule has 1 heterocycles. The summed E-state index contributed by atoms with van der Waals surface area (Å²) in [6, 6.07) is 13.7. The Bertz CT molecular complexity index is 1140. The van der Waals surface area contributed by atoms with Crippen molar-refractivity contribution in [3.63, 3.8) is 0 Å². The molecule has 0 atom stereocenters. The molecule has 1 aromatic heterocycles. The van der Waals surface area contributed by atoms with Crippen LogP contribution in [0.1, 0.15) is 43.7 Å². The summed E-state index contributed by atoms with van der Waals surface area (Å²) in [5, 5.41) is 9.77. The van der Waals surface area contributed by atoms with Crippen LogP contribution >= 0.6 is 0 Å². The molecule has 0 bridgehead atoms. The van der Waals surface area contributed by atoms with Gasteiger partial charge >= 0.3 is 5.97 Å². The minimum absolute atomic E-state index is 0.246. The van der Waals surface area contributed by atoms with Gasteiger partial charge in [-0.2, -0.15) is 5.10 Å². The fourth-order valence-electron chi connectivity index (χ4n) is 3.15. The van der Waals surface area contributed by atoms with Gasteiger partial charge in [-0.15, -0.1) is 0 Å². The Morgan fingerprint density at radius 1 is 0.970 bits per heavy atom. The number of methoxy groups -OCH3 is 1. The Labute approximate surface area is 191 Å². The van der Waals surface area contributed by atoms with E-state index >= 15 is 0 Å². The minimum Gasteiger partial charge on any atom is -0.497 e. The third kappa shape index (κ3) is 5.76. The first-order valence-corrected chi connectivity index (χ1v) is 10.5. The zero-order valence-corrected chi connectivity index (χ0v) is 18.8. The van der Waals surface area contributed by atoms with E-state index in [9.17, 15) is 14.4 Å². The Hall–Kier alpha value is -4.14. The molecule has 2 amide bonds. The lowest BCUT2D eigenvalue weighted by atomic mass is 10.2. The Morgan fingerprint density at radius 2 is 1.64 bits per heavy atom. The van der Waals surface area contributed by atoms with Gasteiger partial charge in [0.2, 0.25) is 0 Å². The van der Waals surface area contributed by atoms with Crippen LogP contribution in [0.3, 0.4) is 0 Å². The molecule has 0 aliphatic heterocycles. The maximum absolute atomic E-state index is 12.4. The molecule has 9 heteroatoms. The first-order chi connectivity index (χ1) is 15.9. The van der Waals surface area contributed by atoms with E-state index < -0.39 is 5.97 Å². The van der Waals surface area contributed by atoms with Gasteiger partial charge in [-0.1, -0.05) is 6.07 Å². The van der Waals surface area contributed by atoms with E-state index in [0.717, 1.165) is 0 Å². The summed E-state index contributed by atoms with van der Waals surface area (Å²) in [4.78, 5) is 36.6. The second-order valence-corrected chi connectivity index (χ2v) is 7.07. The summed E-state index contributed by atoms with van der Waals surface area (Å²) in [5.74, 6) is -0.330. The van der Waals surface area contributed by atoms with Gasteiger partial charge in [0.05, 0.1) is 31.3 Å². The lowest BCUT2D eigenvalue weighted by Gasteiger charge is -2.09. The van der Waals surface area contributed by atoms with Gasteiger partial charge in [-0.05, 0) is 56.3 Å². The lowest BCUT2D eigenvalue weighted by Crippen LogP contribution is -2.34. The highest BCUT2D eigenvalue weighted by Crippen LogP contribution is 2.16. The molecule has 0 unspecified atom stereocenters. The highest BCUT2D eigenvalue weighted by molar-refractivity contribution is 5.95. The summed E-state index contributed by atoms with van der Waals surface area (Å²) in [6.07, 6.45) is 1.47. The first kappa shape index (κ1) is 23.5. The number of hydrogen-bond donors (Lipinski definition) is 2. The monoisotopic (exact) mass is 450 g/mol. The predicted octanol–water partition coefficient (Wildman–Crippen LogP) is 2.53. The van der Waals surface area contributed by atoms with E-state index in [1.807, 2.05) is 0 Å². The second kappa shape index (κ2) is 10.9. The number of carbonyl (C=O) groups is 3. The molecule has 9 nitrogen and oxygen atoms in total. The molecule has 0 spiro atoms. The largest absolute Gasteiger partial charge is 0.497 e. The number of nitrogens with one attached hydrogen (secondary N) is 2. The van der Waals surface area contributed by atoms with E-state index in [1.165, 1.54) is 13.3 Å². The summed E-state index contributed by atoms with van der Waals surface area (Å²) in [7, 11) is 1.54. The van der Waals surface area contributed by atoms with Crippen molar-refractivity contribution in [3.8, 4) is 11.4 Å². The zero-order valence-electron chi connectivity index (χ0n) is 18.8. The maximum Gasteiger partial charge on any atom is 0.341 e. The molecule has 33 heavy (non-hydrogen) atoms. The van der Waals surface area contributed by atoms with Crippen molar-refractivity contribution >= 4 is 17.8 Å². The lowest BCUT2D eigenvalue weighted by molar-refractivity contribution is 0.0525. The van der Waals surface area contributed by atoms with Crippen molar-refractivity contribution in [2.75, 3.05) is 26.8 Å². The fraction of sp³-hybridized carbons (Fsp3) is 0.250. The van der Waals surface area contributed by atoms with Crippen molar-refractivity contribution in [1.82, 2.24) is 20.4 Å². The number of rotatable bonds is 9. The van der Waals surface area contributed by atoms with Crippen LogP contribution in [-0.2, 0) is 4.74 Å². The molecule has 0 saturated carbocycles. The van der Waals surface area contributed by atoms with Gasteiger partial charge in [-0.3, -0.25) is 9.59 Å². The quantitative estimate of drug-likeness (QED) is 0.383. The van der Waals surface area contributed by atoms with Gasteiger partial charge in [0.25, 0.3) is 11.8 Å². The number of ether oxygens (including phenoxy) is 2. The average Bonchev–Trinajstić information content (AvgIpc) is 3.23. The molecular formula is C24H26N4O5. The number of carbonyl (C=O) groups excluding carboxylic acids is 3. The van der Waals surface area contributed by atoms with Gasteiger partial charge in [-0.25, -0.2) is 9.48 Å². The normalized spacial score (nSPS) is 10.4. The van der Waals surface area contributed by atoms with Crippen molar-refractivity contribution in [2.24, 2.45) is 0 Å². The van der Waals surface area contributed by atoms with E-state index in [2.05, 4.69) is 15.7 Å². The smallest absolute Gasteiger partial charge is 0.341 e. The van der Waals surface area contributed by atoms with Crippen LogP contribution in [0.5, 0.6) is 5.75 Å². The van der Waals surface area contributed by atoms with E-state index in [0.29, 0.717) is 33.8 Å². The van der Waals surface area contributed by atoms with Crippen molar-refractivity contribution in [2.45, 2.75) is 13.8 Å². The standard InChI is InChI=1S/C24H26N4O5/c1-4-33-24(31)21-15-27-28(16(21)2)19-10-8-17(9-11-19)22(29)25-12-13-26-23(30)18-6-5-7-20(14-18)32-3/h5-11,14-15H,4,12-13H2,1-3H3,(H,25,29)(H,26,30). The molecule has 0 aliphatic rings. The van der Waals surface area contributed by atoms with Crippen LogP contribution in [-0.4, -0.2) is 54.4 Å². The number of benzene rings is 2. The SMILES string of the molecule is CCOC(=O)c1cnn(-c2ccc(C(=O)NCCNC(=O)c3cccc(OC)c3)cc2)c1C. The van der Waals surface area contributed by atoms with E-state index in [-0.39, 0.29) is 31.5 Å². The van der Waals surface area contributed by atoms with Gasteiger partial charge in [0, 0.05) is 24.2 Å². The molecule has 0 saturated heterocycles. The molecule has 2 N–H and O–H groups in total. The van der Waals surface area contributed by atoms with Crippen LogP contribution in [0.15, 0.2) is 54.7 Å². The van der Waals surface area contributed by atoms with Crippen LogP contribution in [0.2, 0.25) is 0 Å².